The number of hydrogen-bond donors (Lipinski definition) is 1. The van der Waals surface area contributed by atoms with E-state index in [0.29, 0.717) is 4.77 Å². The van der Waals surface area contributed by atoms with Crippen LogP contribution in [0, 0.1) is 16.6 Å². The summed E-state index contributed by atoms with van der Waals surface area (Å²) in [6.07, 6.45) is 8.44. The normalized spacial score (nSPS) is 22.3. The van der Waals surface area contributed by atoms with Gasteiger partial charge in [0, 0.05) is 12.7 Å². The van der Waals surface area contributed by atoms with Gasteiger partial charge in [-0.1, -0.05) is 32.3 Å². The molecule has 0 aromatic carbocycles. The van der Waals surface area contributed by atoms with Crippen LogP contribution < -0.4 is 0 Å². The summed E-state index contributed by atoms with van der Waals surface area (Å²) in [5.74, 6) is 2.54. The Bertz CT molecular complexity index is 631. The molecule has 2 atom stereocenters. The lowest BCUT2D eigenvalue weighted by molar-refractivity contribution is 0.261. The van der Waals surface area contributed by atoms with Crippen molar-refractivity contribution < 1.29 is 0 Å². The van der Waals surface area contributed by atoms with Crippen LogP contribution in [0.2, 0.25) is 0 Å². The maximum atomic E-state index is 5.38. The summed E-state index contributed by atoms with van der Waals surface area (Å²) in [7, 11) is 0. The summed E-state index contributed by atoms with van der Waals surface area (Å²) < 4.78 is 2.79. The van der Waals surface area contributed by atoms with E-state index >= 15 is 0 Å². The molecule has 0 bridgehead atoms. The summed E-state index contributed by atoms with van der Waals surface area (Å²) >= 11 is 5.38. The van der Waals surface area contributed by atoms with Crippen LogP contribution in [0.4, 0.5) is 0 Å². The standard InChI is InChI=1S/C16H22N4S/c1-12-5-4-6-13(11-12)8-10-20-15(18-19-16(20)21)14-7-2-3-9-17-14/h2-3,7,9,12-13H,4-6,8,10-11H2,1H3,(H,19,21). The molecule has 2 aromatic rings. The highest BCUT2D eigenvalue weighted by molar-refractivity contribution is 7.71. The predicted molar refractivity (Wildman–Crippen MR) is 86.4 cm³/mol. The number of nitrogens with zero attached hydrogens (tertiary/aromatic N) is 3. The Hall–Kier alpha value is -1.49. The fourth-order valence-electron chi connectivity index (χ4n) is 3.35. The van der Waals surface area contributed by atoms with Crippen molar-refractivity contribution >= 4 is 12.2 Å². The van der Waals surface area contributed by atoms with E-state index in [0.717, 1.165) is 29.9 Å². The Labute approximate surface area is 130 Å². The maximum absolute atomic E-state index is 5.38. The van der Waals surface area contributed by atoms with Gasteiger partial charge in [0.15, 0.2) is 10.6 Å². The Morgan fingerprint density at radius 2 is 2.29 bits per heavy atom. The number of rotatable bonds is 4. The summed E-state index contributed by atoms with van der Waals surface area (Å²) in [5.41, 5.74) is 0.877. The Kier molecular flexibility index (Phi) is 4.48. The van der Waals surface area contributed by atoms with E-state index in [9.17, 15) is 0 Å². The van der Waals surface area contributed by atoms with Gasteiger partial charge in [0.2, 0.25) is 0 Å². The van der Waals surface area contributed by atoms with Gasteiger partial charge in [0.25, 0.3) is 0 Å². The molecule has 1 aliphatic carbocycles. The van der Waals surface area contributed by atoms with Gasteiger partial charge in [-0.3, -0.25) is 14.6 Å². The quantitative estimate of drug-likeness (QED) is 0.860. The Morgan fingerprint density at radius 3 is 3.05 bits per heavy atom. The molecule has 0 amide bonds. The van der Waals surface area contributed by atoms with Gasteiger partial charge < -0.3 is 0 Å². The lowest BCUT2D eigenvalue weighted by Crippen LogP contribution is -2.15. The van der Waals surface area contributed by atoms with Crippen molar-refractivity contribution in [3.05, 3.63) is 29.2 Å². The van der Waals surface area contributed by atoms with E-state index < -0.39 is 0 Å². The summed E-state index contributed by atoms with van der Waals surface area (Å²) in [4.78, 5) is 4.38. The first-order chi connectivity index (χ1) is 10.2. The van der Waals surface area contributed by atoms with E-state index in [1.807, 2.05) is 18.2 Å². The van der Waals surface area contributed by atoms with Gasteiger partial charge in [-0.05, 0) is 49.0 Å². The minimum Gasteiger partial charge on any atom is -0.299 e. The number of H-pyrrole nitrogens is 1. The fourth-order valence-corrected chi connectivity index (χ4v) is 3.57. The van der Waals surface area contributed by atoms with Crippen molar-refractivity contribution in [2.24, 2.45) is 11.8 Å². The van der Waals surface area contributed by atoms with Gasteiger partial charge in [-0.2, -0.15) is 5.10 Å². The van der Waals surface area contributed by atoms with E-state index in [1.165, 1.54) is 32.1 Å². The summed E-state index contributed by atoms with van der Waals surface area (Å²) in [5, 5.41) is 7.26. The molecule has 1 aliphatic rings. The van der Waals surface area contributed by atoms with Gasteiger partial charge in [-0.15, -0.1) is 0 Å². The van der Waals surface area contributed by atoms with Crippen molar-refractivity contribution in [3.63, 3.8) is 0 Å². The van der Waals surface area contributed by atoms with Crippen LogP contribution >= 0.6 is 12.2 Å². The zero-order valence-electron chi connectivity index (χ0n) is 12.5. The molecule has 0 aliphatic heterocycles. The average molecular weight is 302 g/mol. The van der Waals surface area contributed by atoms with Crippen molar-refractivity contribution in [3.8, 4) is 11.5 Å². The first-order valence-electron chi connectivity index (χ1n) is 7.80. The molecule has 2 heterocycles. The maximum Gasteiger partial charge on any atom is 0.195 e. The molecule has 5 heteroatoms. The van der Waals surface area contributed by atoms with Gasteiger partial charge in [0.05, 0.1) is 0 Å². The van der Waals surface area contributed by atoms with Crippen LogP contribution in [0.25, 0.3) is 11.5 Å². The smallest absolute Gasteiger partial charge is 0.195 e. The van der Waals surface area contributed by atoms with Crippen molar-refractivity contribution in [2.45, 2.75) is 45.6 Å². The minimum absolute atomic E-state index is 0.694. The molecule has 0 spiro atoms. The van der Waals surface area contributed by atoms with Crippen LogP contribution in [-0.4, -0.2) is 19.7 Å². The zero-order chi connectivity index (χ0) is 14.7. The molecule has 4 nitrogen and oxygen atoms in total. The highest BCUT2D eigenvalue weighted by Gasteiger charge is 2.19. The summed E-state index contributed by atoms with van der Waals surface area (Å²) in [6.45, 7) is 3.30. The minimum atomic E-state index is 0.694. The predicted octanol–water partition coefficient (Wildman–Crippen LogP) is 4.22. The molecule has 3 rings (SSSR count). The zero-order valence-corrected chi connectivity index (χ0v) is 13.3. The molecule has 1 saturated carbocycles. The topological polar surface area (TPSA) is 46.5 Å². The van der Waals surface area contributed by atoms with Crippen LogP contribution in [0.15, 0.2) is 24.4 Å². The highest BCUT2D eigenvalue weighted by Crippen LogP contribution is 2.31. The molecular formula is C16H22N4S. The third-order valence-corrected chi connectivity index (χ3v) is 4.77. The molecule has 1 N–H and O–H groups in total. The number of hydrogen-bond acceptors (Lipinski definition) is 3. The molecule has 1 fully saturated rings. The van der Waals surface area contributed by atoms with Crippen molar-refractivity contribution in [1.82, 2.24) is 19.7 Å². The molecule has 2 unspecified atom stereocenters. The lowest BCUT2D eigenvalue weighted by Gasteiger charge is -2.26. The monoisotopic (exact) mass is 302 g/mol. The first-order valence-corrected chi connectivity index (χ1v) is 8.21. The van der Waals surface area contributed by atoms with E-state index in [4.69, 9.17) is 12.2 Å². The van der Waals surface area contributed by atoms with Gasteiger partial charge in [-0.25, -0.2) is 0 Å². The molecule has 2 aromatic heterocycles. The molecule has 21 heavy (non-hydrogen) atoms. The second-order valence-electron chi connectivity index (χ2n) is 6.15. The van der Waals surface area contributed by atoms with Gasteiger partial charge in [0.1, 0.15) is 5.69 Å². The lowest BCUT2D eigenvalue weighted by atomic mass is 9.81. The Morgan fingerprint density at radius 1 is 1.38 bits per heavy atom. The van der Waals surface area contributed by atoms with Crippen molar-refractivity contribution in [1.29, 1.82) is 0 Å². The fraction of sp³-hybridized carbons (Fsp3) is 0.562. The SMILES string of the molecule is CC1CCCC(CCn2c(-c3ccccn3)n[nH]c2=S)C1. The van der Waals surface area contributed by atoms with Crippen LogP contribution in [0.5, 0.6) is 0 Å². The van der Waals surface area contributed by atoms with E-state index in [-0.39, 0.29) is 0 Å². The highest BCUT2D eigenvalue weighted by atomic mass is 32.1. The number of nitrogens with one attached hydrogen (secondary N) is 1. The molecule has 0 radical (unpaired) electrons. The van der Waals surface area contributed by atoms with Crippen LogP contribution in [0.1, 0.15) is 39.0 Å². The second-order valence-corrected chi connectivity index (χ2v) is 6.53. The number of aromatic amines is 1. The number of pyridine rings is 1. The van der Waals surface area contributed by atoms with Crippen LogP contribution in [-0.2, 0) is 6.54 Å². The first kappa shape index (κ1) is 14.4. The second kappa shape index (κ2) is 6.52. The van der Waals surface area contributed by atoms with Gasteiger partial charge >= 0.3 is 0 Å². The molecular weight excluding hydrogens is 280 g/mol. The Balaban J connectivity index is 1.74. The summed E-state index contributed by atoms with van der Waals surface area (Å²) in [6, 6.07) is 5.87. The number of aromatic nitrogens is 4. The average Bonchev–Trinajstić information content (AvgIpc) is 2.87. The van der Waals surface area contributed by atoms with E-state index in [1.54, 1.807) is 6.20 Å². The van der Waals surface area contributed by atoms with E-state index in [2.05, 4.69) is 26.7 Å². The third kappa shape index (κ3) is 3.40. The molecule has 112 valence electrons. The largest absolute Gasteiger partial charge is 0.299 e. The van der Waals surface area contributed by atoms with Crippen molar-refractivity contribution in [2.75, 3.05) is 0 Å². The van der Waals surface area contributed by atoms with Crippen LogP contribution in [0.3, 0.4) is 0 Å². The third-order valence-electron chi connectivity index (χ3n) is 4.46. The molecule has 0 saturated heterocycles.